The molecule has 0 unspecified atom stereocenters. The molecule has 1 N–H and O–H groups in total. The van der Waals surface area contributed by atoms with E-state index in [1.807, 2.05) is 30.9 Å². The van der Waals surface area contributed by atoms with Gasteiger partial charge in [-0.05, 0) is 55.7 Å². The predicted octanol–water partition coefficient (Wildman–Crippen LogP) is 5.42. The van der Waals surface area contributed by atoms with Crippen LogP contribution in [0.25, 0.3) is 17.2 Å². The lowest BCUT2D eigenvalue weighted by Gasteiger charge is -2.42. The monoisotopic (exact) mass is 468 g/mol. The Morgan fingerprint density at radius 2 is 1.74 bits per heavy atom. The van der Waals surface area contributed by atoms with Gasteiger partial charge in [0.05, 0.1) is 0 Å². The summed E-state index contributed by atoms with van der Waals surface area (Å²) in [5, 5.41) is 3.23. The molecule has 2 aliphatic heterocycles. The van der Waals surface area contributed by atoms with E-state index in [4.69, 9.17) is 4.74 Å². The largest absolute Gasteiger partial charge is 0.482 e. The van der Waals surface area contributed by atoms with E-state index in [0.717, 1.165) is 42.0 Å². The Morgan fingerprint density at radius 1 is 1.00 bits per heavy atom. The highest BCUT2D eigenvalue weighted by Crippen LogP contribution is 2.38. The number of carbonyl (C=O) groups excluding carboxylic acids is 1. The van der Waals surface area contributed by atoms with Gasteiger partial charge in [0.2, 0.25) is 11.9 Å². The number of nitrogens with one attached hydrogen (secondary N) is 1. The van der Waals surface area contributed by atoms with Crippen molar-refractivity contribution >= 4 is 17.9 Å². The fourth-order valence-corrected chi connectivity index (χ4v) is 4.88. The molecule has 1 amide bonds. The number of aryl methyl sites for hydroxylation is 2. The van der Waals surface area contributed by atoms with Crippen LogP contribution in [0.4, 0.5) is 5.95 Å². The number of ether oxygens (including phenoxy) is 1. The minimum Gasteiger partial charge on any atom is -0.482 e. The smallest absolute Gasteiger partial charge is 0.223 e. The van der Waals surface area contributed by atoms with Gasteiger partial charge >= 0.3 is 0 Å². The first-order valence-electron chi connectivity index (χ1n) is 12.4. The van der Waals surface area contributed by atoms with Crippen LogP contribution in [-0.2, 0) is 4.79 Å². The number of anilines is 1. The summed E-state index contributed by atoms with van der Waals surface area (Å²) in [5.41, 5.74) is 5.06. The van der Waals surface area contributed by atoms with Gasteiger partial charge in [-0.15, -0.1) is 0 Å². The molecule has 1 fully saturated rings. The van der Waals surface area contributed by atoms with Gasteiger partial charge in [0.25, 0.3) is 0 Å². The molecule has 6 heteroatoms. The lowest BCUT2D eigenvalue weighted by Crippen LogP contribution is -2.49. The molecular formula is C29H32N4O2. The van der Waals surface area contributed by atoms with Crippen molar-refractivity contribution in [3.05, 3.63) is 77.6 Å². The number of benzene rings is 2. The van der Waals surface area contributed by atoms with Crippen molar-refractivity contribution in [1.29, 1.82) is 0 Å². The van der Waals surface area contributed by atoms with Gasteiger partial charge in [0, 0.05) is 55.8 Å². The van der Waals surface area contributed by atoms with E-state index in [2.05, 4.69) is 69.9 Å². The van der Waals surface area contributed by atoms with Gasteiger partial charge in [0.1, 0.15) is 11.4 Å². The highest BCUT2D eigenvalue weighted by Gasteiger charge is 2.37. The number of nitrogens with zero attached hydrogens (tertiary/aromatic N) is 3. The number of carbonyl (C=O) groups is 1. The maximum absolute atomic E-state index is 12.8. The first-order valence-corrected chi connectivity index (χ1v) is 12.4. The zero-order chi connectivity index (χ0) is 24.3. The average molecular weight is 469 g/mol. The quantitative estimate of drug-likeness (QED) is 0.489. The van der Waals surface area contributed by atoms with E-state index in [1.165, 1.54) is 11.1 Å². The number of hydrogen-bond acceptors (Lipinski definition) is 5. The fraction of sp³-hybridized carbons (Fsp3) is 0.345. The van der Waals surface area contributed by atoms with Crippen LogP contribution in [0, 0.1) is 13.8 Å². The van der Waals surface area contributed by atoms with Gasteiger partial charge < -0.3 is 15.0 Å². The van der Waals surface area contributed by atoms with Gasteiger partial charge in [-0.1, -0.05) is 42.5 Å². The molecule has 0 radical (unpaired) electrons. The molecule has 0 atom stereocenters. The van der Waals surface area contributed by atoms with Gasteiger partial charge in [0.15, 0.2) is 0 Å². The molecule has 1 spiro atoms. The first-order chi connectivity index (χ1) is 17.0. The van der Waals surface area contributed by atoms with Gasteiger partial charge in [-0.3, -0.25) is 4.79 Å². The maximum Gasteiger partial charge on any atom is 0.223 e. The third-order valence-electron chi connectivity index (χ3n) is 6.79. The Morgan fingerprint density at radius 3 is 2.49 bits per heavy atom. The summed E-state index contributed by atoms with van der Waals surface area (Å²) >= 11 is 0. The Balaban J connectivity index is 1.11. The number of likely N-dealkylation sites (tertiary alicyclic amines) is 1. The maximum atomic E-state index is 12.8. The van der Waals surface area contributed by atoms with Crippen LogP contribution in [0.15, 0.2) is 60.7 Å². The average Bonchev–Trinajstić information content (AvgIpc) is 2.87. The van der Waals surface area contributed by atoms with Crippen molar-refractivity contribution in [2.75, 3.05) is 25.0 Å². The molecule has 180 valence electrons. The molecule has 2 aliphatic rings. The van der Waals surface area contributed by atoms with Crippen LogP contribution < -0.4 is 10.1 Å². The Kier molecular flexibility index (Phi) is 6.53. The van der Waals surface area contributed by atoms with Crippen LogP contribution >= 0.6 is 0 Å². The molecule has 0 saturated carbocycles. The van der Waals surface area contributed by atoms with Crippen molar-refractivity contribution in [3.63, 3.8) is 0 Å². The van der Waals surface area contributed by atoms with E-state index in [9.17, 15) is 4.79 Å². The third kappa shape index (κ3) is 5.37. The highest BCUT2D eigenvalue weighted by molar-refractivity contribution is 5.76. The lowest BCUT2D eigenvalue weighted by atomic mass is 9.87. The van der Waals surface area contributed by atoms with Crippen molar-refractivity contribution in [2.24, 2.45) is 0 Å². The van der Waals surface area contributed by atoms with Crippen molar-refractivity contribution in [3.8, 4) is 16.9 Å². The normalized spacial score (nSPS) is 16.0. The molecule has 0 bridgehead atoms. The van der Waals surface area contributed by atoms with Crippen LogP contribution in [0.1, 0.15) is 42.6 Å². The summed E-state index contributed by atoms with van der Waals surface area (Å²) in [6.07, 6.45) is 7.27. The Labute approximate surface area is 207 Å². The number of amides is 1. The summed E-state index contributed by atoms with van der Waals surface area (Å²) in [7, 11) is 0. The summed E-state index contributed by atoms with van der Waals surface area (Å²) in [5.74, 6) is 1.76. The van der Waals surface area contributed by atoms with Crippen LogP contribution in [0.2, 0.25) is 0 Å². The predicted molar refractivity (Wildman–Crippen MR) is 139 cm³/mol. The SMILES string of the molecule is Cc1cc(C)nc(NCCCC(=O)N2CCC3(C=Cc4cc(-c5ccccc5)ccc4O3)CC2)n1. The standard InChI is InChI=1S/C29H32N4O2/c1-21-19-22(2)32-28(31-21)30-16-6-9-27(34)33-17-14-29(15-18-33)13-12-25-20-24(10-11-26(25)35-29)23-7-4-3-5-8-23/h3-5,7-8,10-13,19-20H,6,9,14-18H2,1-2H3,(H,30,31,32). The van der Waals surface area contributed by atoms with E-state index in [1.54, 1.807) is 0 Å². The molecule has 5 rings (SSSR count). The van der Waals surface area contributed by atoms with Gasteiger partial charge in [-0.25, -0.2) is 9.97 Å². The molecule has 3 aromatic rings. The highest BCUT2D eigenvalue weighted by atomic mass is 16.5. The summed E-state index contributed by atoms with van der Waals surface area (Å²) in [6.45, 7) is 6.03. The summed E-state index contributed by atoms with van der Waals surface area (Å²) in [4.78, 5) is 23.5. The van der Waals surface area contributed by atoms with Crippen molar-refractivity contribution in [2.45, 2.75) is 45.1 Å². The zero-order valence-electron chi connectivity index (χ0n) is 20.5. The van der Waals surface area contributed by atoms with E-state index >= 15 is 0 Å². The molecule has 35 heavy (non-hydrogen) atoms. The van der Waals surface area contributed by atoms with E-state index in [-0.39, 0.29) is 11.5 Å². The lowest BCUT2D eigenvalue weighted by molar-refractivity contribution is -0.133. The Bertz CT molecular complexity index is 1210. The summed E-state index contributed by atoms with van der Waals surface area (Å²) in [6, 6.07) is 18.7. The minimum absolute atomic E-state index is 0.204. The van der Waals surface area contributed by atoms with Crippen LogP contribution in [-0.4, -0.2) is 46.0 Å². The van der Waals surface area contributed by atoms with Crippen molar-refractivity contribution in [1.82, 2.24) is 14.9 Å². The molecule has 3 heterocycles. The second-order valence-electron chi connectivity index (χ2n) is 9.50. The molecule has 6 nitrogen and oxygen atoms in total. The number of rotatable bonds is 6. The third-order valence-corrected chi connectivity index (χ3v) is 6.79. The molecule has 1 saturated heterocycles. The molecule has 2 aromatic carbocycles. The molecule has 1 aromatic heterocycles. The molecular weight excluding hydrogens is 436 g/mol. The fourth-order valence-electron chi connectivity index (χ4n) is 4.88. The zero-order valence-corrected chi connectivity index (χ0v) is 20.5. The van der Waals surface area contributed by atoms with E-state index in [0.29, 0.717) is 32.0 Å². The number of aromatic nitrogens is 2. The van der Waals surface area contributed by atoms with Crippen LogP contribution in [0.5, 0.6) is 5.75 Å². The minimum atomic E-state index is -0.319. The van der Waals surface area contributed by atoms with Crippen LogP contribution in [0.3, 0.4) is 0 Å². The Hall–Kier alpha value is -3.67. The number of hydrogen-bond donors (Lipinski definition) is 1. The van der Waals surface area contributed by atoms with Gasteiger partial charge in [-0.2, -0.15) is 0 Å². The van der Waals surface area contributed by atoms with E-state index < -0.39 is 0 Å². The number of fused-ring (bicyclic) bond motifs is 1. The topological polar surface area (TPSA) is 67.4 Å². The first kappa shape index (κ1) is 23.1. The second kappa shape index (κ2) is 9.90. The van der Waals surface area contributed by atoms with Crippen molar-refractivity contribution < 1.29 is 9.53 Å². The number of piperidine rings is 1. The summed E-state index contributed by atoms with van der Waals surface area (Å²) < 4.78 is 6.50. The second-order valence-corrected chi connectivity index (χ2v) is 9.50. The molecule has 0 aliphatic carbocycles.